The quantitative estimate of drug-likeness (QED) is 0.575. The number of hydrogen-bond acceptors (Lipinski definition) is 3. The Kier molecular flexibility index (Phi) is 4.84. The van der Waals surface area contributed by atoms with Gasteiger partial charge in [0, 0.05) is 17.1 Å². The lowest BCUT2D eigenvalue weighted by Crippen LogP contribution is -1.90. The van der Waals surface area contributed by atoms with Crippen LogP contribution >= 0.6 is 23.4 Å². The molecule has 0 aromatic heterocycles. The highest BCUT2D eigenvalue weighted by atomic mass is 35.5. The highest BCUT2D eigenvalue weighted by Crippen LogP contribution is 2.28. The zero-order valence-electron chi connectivity index (χ0n) is 7.83. The van der Waals surface area contributed by atoms with E-state index in [0.717, 1.165) is 10.6 Å². The average molecular weight is 231 g/mol. The SMILES string of the molecule is COc1ccccc1SCCC(=O)Cl. The van der Waals surface area contributed by atoms with Gasteiger partial charge in [-0.1, -0.05) is 12.1 Å². The summed E-state index contributed by atoms with van der Waals surface area (Å²) in [5.74, 6) is 1.52. The van der Waals surface area contributed by atoms with Crippen LogP contribution in [0.3, 0.4) is 0 Å². The summed E-state index contributed by atoms with van der Waals surface area (Å²) in [6.07, 6.45) is 0.379. The molecule has 0 radical (unpaired) electrons. The Balaban J connectivity index is 2.53. The van der Waals surface area contributed by atoms with E-state index in [2.05, 4.69) is 0 Å². The maximum absolute atomic E-state index is 10.5. The number of rotatable bonds is 5. The molecule has 2 nitrogen and oxygen atoms in total. The predicted molar refractivity (Wildman–Crippen MR) is 59.2 cm³/mol. The molecule has 14 heavy (non-hydrogen) atoms. The molecular formula is C10H11ClO2S. The number of carbonyl (C=O) groups is 1. The summed E-state index contributed by atoms with van der Waals surface area (Å²) >= 11 is 6.80. The largest absolute Gasteiger partial charge is 0.496 e. The summed E-state index contributed by atoms with van der Waals surface area (Å²) in [4.78, 5) is 11.5. The van der Waals surface area contributed by atoms with E-state index < -0.39 is 0 Å². The van der Waals surface area contributed by atoms with Crippen LogP contribution in [0.2, 0.25) is 0 Å². The van der Waals surface area contributed by atoms with Gasteiger partial charge in [0.2, 0.25) is 5.24 Å². The Morgan fingerprint density at radius 2 is 2.21 bits per heavy atom. The van der Waals surface area contributed by atoms with E-state index in [-0.39, 0.29) is 5.24 Å². The van der Waals surface area contributed by atoms with E-state index in [9.17, 15) is 4.79 Å². The van der Waals surface area contributed by atoms with Crippen molar-refractivity contribution in [2.24, 2.45) is 0 Å². The molecule has 0 heterocycles. The van der Waals surface area contributed by atoms with Gasteiger partial charge in [-0.25, -0.2) is 0 Å². The van der Waals surface area contributed by atoms with Crippen molar-refractivity contribution < 1.29 is 9.53 Å². The van der Waals surface area contributed by atoms with Crippen LogP contribution in [0.15, 0.2) is 29.2 Å². The van der Waals surface area contributed by atoms with Crippen LogP contribution in [0.25, 0.3) is 0 Å². The molecule has 4 heteroatoms. The topological polar surface area (TPSA) is 26.3 Å². The first kappa shape index (κ1) is 11.4. The highest BCUT2D eigenvalue weighted by Gasteiger charge is 2.03. The predicted octanol–water partition coefficient (Wildman–Crippen LogP) is 2.94. The van der Waals surface area contributed by atoms with Gasteiger partial charge in [0.15, 0.2) is 0 Å². The first-order chi connectivity index (χ1) is 6.74. The van der Waals surface area contributed by atoms with Crippen molar-refractivity contribution in [2.75, 3.05) is 12.9 Å². The number of thioether (sulfide) groups is 1. The van der Waals surface area contributed by atoms with E-state index >= 15 is 0 Å². The fourth-order valence-corrected chi connectivity index (χ4v) is 2.16. The maximum Gasteiger partial charge on any atom is 0.222 e. The lowest BCUT2D eigenvalue weighted by molar-refractivity contribution is -0.111. The van der Waals surface area contributed by atoms with Crippen molar-refractivity contribution in [2.45, 2.75) is 11.3 Å². The Morgan fingerprint density at radius 3 is 2.86 bits per heavy atom. The zero-order chi connectivity index (χ0) is 10.4. The number of carbonyl (C=O) groups excluding carboxylic acids is 1. The summed E-state index contributed by atoms with van der Waals surface area (Å²) in [7, 11) is 1.63. The van der Waals surface area contributed by atoms with Gasteiger partial charge in [-0.2, -0.15) is 0 Å². The molecule has 76 valence electrons. The number of para-hydroxylation sites is 1. The van der Waals surface area contributed by atoms with Gasteiger partial charge in [0.05, 0.1) is 7.11 Å². The second-order valence-electron chi connectivity index (χ2n) is 2.60. The average Bonchev–Trinajstić information content (AvgIpc) is 2.18. The van der Waals surface area contributed by atoms with E-state index in [4.69, 9.17) is 16.3 Å². The molecule has 1 aromatic rings. The van der Waals surface area contributed by atoms with E-state index in [0.29, 0.717) is 12.2 Å². The number of benzene rings is 1. The summed E-state index contributed by atoms with van der Waals surface area (Å²) in [5.41, 5.74) is 0. The zero-order valence-corrected chi connectivity index (χ0v) is 9.40. The van der Waals surface area contributed by atoms with Gasteiger partial charge in [0.1, 0.15) is 5.75 Å². The molecule has 0 saturated carbocycles. The van der Waals surface area contributed by atoms with Crippen molar-refractivity contribution in [1.29, 1.82) is 0 Å². The molecule has 0 fully saturated rings. The number of halogens is 1. The monoisotopic (exact) mass is 230 g/mol. The minimum atomic E-state index is -0.299. The lowest BCUT2D eigenvalue weighted by Gasteiger charge is -2.06. The van der Waals surface area contributed by atoms with E-state index in [1.54, 1.807) is 18.9 Å². The molecular weight excluding hydrogens is 220 g/mol. The molecule has 0 bridgehead atoms. The second-order valence-corrected chi connectivity index (χ2v) is 4.16. The molecule has 0 atom stereocenters. The van der Waals surface area contributed by atoms with Gasteiger partial charge in [0.25, 0.3) is 0 Å². The standard InChI is InChI=1S/C10H11ClO2S/c1-13-8-4-2-3-5-9(8)14-7-6-10(11)12/h2-5H,6-7H2,1H3. The molecule has 0 saturated heterocycles. The lowest BCUT2D eigenvalue weighted by atomic mass is 10.3. The summed E-state index contributed by atoms with van der Waals surface area (Å²) in [6, 6.07) is 7.70. The minimum Gasteiger partial charge on any atom is -0.496 e. The Hall–Kier alpha value is -0.670. The molecule has 0 aliphatic rings. The summed E-state index contributed by atoms with van der Waals surface area (Å²) in [5, 5.41) is -0.299. The van der Waals surface area contributed by atoms with Crippen LogP contribution < -0.4 is 4.74 Å². The number of hydrogen-bond donors (Lipinski definition) is 0. The van der Waals surface area contributed by atoms with Gasteiger partial charge in [-0.15, -0.1) is 11.8 Å². The molecule has 0 amide bonds. The molecule has 0 spiro atoms. The normalized spacial score (nSPS) is 9.86. The van der Waals surface area contributed by atoms with Crippen LogP contribution in [-0.4, -0.2) is 18.1 Å². The fourth-order valence-electron chi connectivity index (χ4n) is 0.979. The van der Waals surface area contributed by atoms with Gasteiger partial charge in [-0.05, 0) is 23.7 Å². The number of ether oxygens (including phenoxy) is 1. The summed E-state index contributed by atoms with van der Waals surface area (Å²) < 4.78 is 5.16. The molecule has 1 aromatic carbocycles. The Labute approximate surface area is 92.6 Å². The Morgan fingerprint density at radius 1 is 1.50 bits per heavy atom. The highest BCUT2D eigenvalue weighted by molar-refractivity contribution is 7.99. The van der Waals surface area contributed by atoms with Crippen molar-refractivity contribution in [3.05, 3.63) is 24.3 Å². The smallest absolute Gasteiger partial charge is 0.222 e. The van der Waals surface area contributed by atoms with Crippen molar-refractivity contribution in [1.82, 2.24) is 0 Å². The third-order valence-corrected chi connectivity index (χ3v) is 2.87. The second kappa shape index (κ2) is 5.94. The first-order valence-corrected chi connectivity index (χ1v) is 5.54. The van der Waals surface area contributed by atoms with Crippen LogP contribution in [0.5, 0.6) is 5.75 Å². The van der Waals surface area contributed by atoms with E-state index in [1.165, 1.54) is 0 Å². The molecule has 0 aliphatic heterocycles. The van der Waals surface area contributed by atoms with Crippen molar-refractivity contribution in [3.8, 4) is 5.75 Å². The van der Waals surface area contributed by atoms with Gasteiger partial charge < -0.3 is 4.74 Å². The maximum atomic E-state index is 10.5. The third kappa shape index (κ3) is 3.60. The van der Waals surface area contributed by atoms with Crippen LogP contribution in [0.4, 0.5) is 0 Å². The van der Waals surface area contributed by atoms with Crippen LogP contribution in [0.1, 0.15) is 6.42 Å². The van der Waals surface area contributed by atoms with Gasteiger partial charge >= 0.3 is 0 Å². The van der Waals surface area contributed by atoms with E-state index in [1.807, 2.05) is 24.3 Å². The fraction of sp³-hybridized carbons (Fsp3) is 0.300. The molecule has 1 rings (SSSR count). The Bertz CT molecular complexity index is 315. The number of methoxy groups -OCH3 is 1. The van der Waals surface area contributed by atoms with Gasteiger partial charge in [-0.3, -0.25) is 4.79 Å². The molecule has 0 aliphatic carbocycles. The van der Waals surface area contributed by atoms with Crippen molar-refractivity contribution >= 4 is 28.6 Å². The molecule has 0 unspecified atom stereocenters. The van der Waals surface area contributed by atoms with Crippen molar-refractivity contribution in [3.63, 3.8) is 0 Å². The minimum absolute atomic E-state index is 0.299. The summed E-state index contributed by atoms with van der Waals surface area (Å²) in [6.45, 7) is 0. The van der Waals surface area contributed by atoms with Crippen LogP contribution in [0, 0.1) is 0 Å². The van der Waals surface area contributed by atoms with Crippen LogP contribution in [-0.2, 0) is 4.79 Å². The third-order valence-electron chi connectivity index (χ3n) is 1.63. The molecule has 0 N–H and O–H groups in total. The first-order valence-electron chi connectivity index (χ1n) is 4.18.